The number of ether oxygens (including phenoxy) is 1. The molecular formula is C25H29F3N4O3S. The van der Waals surface area contributed by atoms with Gasteiger partial charge >= 0.3 is 6.18 Å². The van der Waals surface area contributed by atoms with Crippen LogP contribution in [0.3, 0.4) is 0 Å². The molecule has 0 atom stereocenters. The van der Waals surface area contributed by atoms with Gasteiger partial charge in [-0.05, 0) is 44.2 Å². The van der Waals surface area contributed by atoms with E-state index in [1.54, 1.807) is 12.1 Å². The maximum atomic E-state index is 13.6. The van der Waals surface area contributed by atoms with Crippen molar-refractivity contribution < 1.29 is 26.3 Å². The Labute approximate surface area is 208 Å². The summed E-state index contributed by atoms with van der Waals surface area (Å²) in [6, 6.07) is 12.8. The highest BCUT2D eigenvalue weighted by molar-refractivity contribution is 7.88. The van der Waals surface area contributed by atoms with Crippen LogP contribution in [0.2, 0.25) is 0 Å². The number of pyridine rings is 1. The molecule has 1 N–H and O–H groups in total. The van der Waals surface area contributed by atoms with E-state index in [9.17, 15) is 21.6 Å². The predicted octanol–water partition coefficient (Wildman–Crippen LogP) is 4.65. The summed E-state index contributed by atoms with van der Waals surface area (Å²) in [5, 5.41) is 3.91. The SMILES string of the molecule is Cc1cc(Nc2cc(OCCN3CCCN(S(C)(=O)=O)CC3)cc(C(F)(F)F)c2)c2ccccc2n1. The molecular weight excluding hydrogens is 493 g/mol. The molecule has 0 amide bonds. The van der Waals surface area contributed by atoms with Gasteiger partial charge in [-0.2, -0.15) is 13.2 Å². The largest absolute Gasteiger partial charge is 0.492 e. The van der Waals surface area contributed by atoms with Crippen LogP contribution in [0.1, 0.15) is 17.7 Å². The Bertz CT molecular complexity index is 1330. The van der Waals surface area contributed by atoms with Gasteiger partial charge in [0.1, 0.15) is 12.4 Å². The van der Waals surface area contributed by atoms with Gasteiger partial charge < -0.3 is 10.1 Å². The molecule has 11 heteroatoms. The lowest BCUT2D eigenvalue weighted by Gasteiger charge is -2.21. The number of rotatable bonds is 7. The van der Waals surface area contributed by atoms with Crippen molar-refractivity contribution in [1.82, 2.24) is 14.2 Å². The van der Waals surface area contributed by atoms with E-state index in [1.165, 1.54) is 10.6 Å². The Hall–Kier alpha value is -2.89. The fourth-order valence-electron chi connectivity index (χ4n) is 4.28. The van der Waals surface area contributed by atoms with Crippen LogP contribution in [0.15, 0.2) is 48.5 Å². The van der Waals surface area contributed by atoms with Gasteiger partial charge in [-0.25, -0.2) is 12.7 Å². The minimum absolute atomic E-state index is 0.106. The third kappa shape index (κ3) is 6.65. The van der Waals surface area contributed by atoms with Crippen molar-refractivity contribution in [3.8, 4) is 5.75 Å². The predicted molar refractivity (Wildman–Crippen MR) is 134 cm³/mol. The lowest BCUT2D eigenvalue weighted by Crippen LogP contribution is -2.35. The van der Waals surface area contributed by atoms with Crippen molar-refractivity contribution in [3.63, 3.8) is 0 Å². The van der Waals surface area contributed by atoms with Gasteiger partial charge in [0.15, 0.2) is 0 Å². The Balaban J connectivity index is 1.49. The van der Waals surface area contributed by atoms with E-state index in [0.29, 0.717) is 44.8 Å². The summed E-state index contributed by atoms with van der Waals surface area (Å²) in [4.78, 5) is 6.54. The third-order valence-electron chi connectivity index (χ3n) is 6.05. The maximum absolute atomic E-state index is 13.6. The van der Waals surface area contributed by atoms with Crippen molar-refractivity contribution >= 4 is 32.3 Å². The molecule has 1 aliphatic rings. The van der Waals surface area contributed by atoms with E-state index in [0.717, 1.165) is 28.7 Å². The summed E-state index contributed by atoms with van der Waals surface area (Å²) in [6.45, 7) is 4.56. The number of nitrogens with one attached hydrogen (secondary N) is 1. The Morgan fingerprint density at radius 1 is 1.06 bits per heavy atom. The first-order valence-electron chi connectivity index (χ1n) is 11.6. The average molecular weight is 523 g/mol. The molecule has 7 nitrogen and oxygen atoms in total. The summed E-state index contributed by atoms with van der Waals surface area (Å²) in [7, 11) is -3.24. The molecule has 0 saturated carbocycles. The van der Waals surface area contributed by atoms with Gasteiger partial charge in [-0.1, -0.05) is 18.2 Å². The minimum atomic E-state index is -4.54. The number of alkyl halides is 3. The summed E-state index contributed by atoms with van der Waals surface area (Å²) < 4.78 is 71.7. The number of para-hydroxylation sites is 1. The number of anilines is 2. The molecule has 0 aliphatic carbocycles. The van der Waals surface area contributed by atoms with Crippen LogP contribution < -0.4 is 10.1 Å². The van der Waals surface area contributed by atoms with Gasteiger partial charge in [-0.3, -0.25) is 9.88 Å². The molecule has 1 aliphatic heterocycles. The monoisotopic (exact) mass is 522 g/mol. The second kappa shape index (κ2) is 10.6. The molecule has 0 unspecified atom stereocenters. The van der Waals surface area contributed by atoms with Crippen molar-refractivity contribution in [2.24, 2.45) is 0 Å². The van der Waals surface area contributed by atoms with Gasteiger partial charge in [0.2, 0.25) is 10.0 Å². The maximum Gasteiger partial charge on any atom is 0.416 e. The smallest absolute Gasteiger partial charge is 0.416 e. The van der Waals surface area contributed by atoms with Crippen molar-refractivity contribution in [2.75, 3.05) is 50.9 Å². The lowest BCUT2D eigenvalue weighted by molar-refractivity contribution is -0.137. The Morgan fingerprint density at radius 2 is 1.83 bits per heavy atom. The second-order valence-corrected chi connectivity index (χ2v) is 10.9. The first-order chi connectivity index (χ1) is 17.0. The van der Waals surface area contributed by atoms with E-state index in [4.69, 9.17) is 4.74 Å². The molecule has 1 aromatic heterocycles. The molecule has 2 heterocycles. The molecule has 194 valence electrons. The quantitative estimate of drug-likeness (QED) is 0.487. The van der Waals surface area contributed by atoms with Crippen LogP contribution in [-0.4, -0.2) is 68.2 Å². The first kappa shape index (κ1) is 26.2. The number of sulfonamides is 1. The zero-order valence-corrected chi connectivity index (χ0v) is 21.0. The fourth-order valence-corrected chi connectivity index (χ4v) is 5.15. The fraction of sp³-hybridized carbons (Fsp3) is 0.400. The number of benzene rings is 2. The van der Waals surface area contributed by atoms with Crippen LogP contribution in [-0.2, 0) is 16.2 Å². The molecule has 4 rings (SSSR count). The normalized spacial score (nSPS) is 16.1. The summed E-state index contributed by atoms with van der Waals surface area (Å²) in [6.07, 6.45) is -2.66. The highest BCUT2D eigenvalue weighted by Crippen LogP contribution is 2.36. The average Bonchev–Trinajstić information content (AvgIpc) is 3.04. The van der Waals surface area contributed by atoms with Crippen LogP contribution in [0.4, 0.5) is 24.5 Å². The van der Waals surface area contributed by atoms with Gasteiger partial charge in [0, 0.05) is 54.7 Å². The number of halogens is 3. The van der Waals surface area contributed by atoms with Gasteiger partial charge in [0.25, 0.3) is 0 Å². The standard InChI is InChI=1S/C25H29F3N4O3S/c1-18-14-24(22-6-3-4-7-23(22)29-18)30-20-15-19(25(26,27)28)16-21(17-20)35-13-12-31-8-5-9-32(11-10-31)36(2,33)34/h3-4,6-7,14-17H,5,8-13H2,1-2H3,(H,29,30). The first-order valence-corrected chi connectivity index (χ1v) is 13.5. The van der Waals surface area contributed by atoms with E-state index >= 15 is 0 Å². The molecule has 0 radical (unpaired) electrons. The zero-order valence-electron chi connectivity index (χ0n) is 20.2. The molecule has 0 spiro atoms. The van der Waals surface area contributed by atoms with Crippen LogP contribution >= 0.6 is 0 Å². The summed E-state index contributed by atoms with van der Waals surface area (Å²) in [5.41, 5.74) is 1.59. The molecule has 3 aromatic rings. The van der Waals surface area contributed by atoms with Crippen LogP contribution in [0, 0.1) is 6.92 Å². The number of nitrogens with zero attached hydrogens (tertiary/aromatic N) is 3. The third-order valence-corrected chi connectivity index (χ3v) is 7.35. The molecule has 1 fully saturated rings. The number of hydrogen-bond acceptors (Lipinski definition) is 6. The van der Waals surface area contributed by atoms with E-state index < -0.39 is 21.8 Å². The van der Waals surface area contributed by atoms with E-state index in [2.05, 4.69) is 15.2 Å². The molecule has 36 heavy (non-hydrogen) atoms. The molecule has 1 saturated heterocycles. The summed E-state index contributed by atoms with van der Waals surface area (Å²) in [5.74, 6) is 0.106. The van der Waals surface area contributed by atoms with Gasteiger partial charge in [0.05, 0.1) is 17.3 Å². The van der Waals surface area contributed by atoms with Crippen molar-refractivity contribution in [2.45, 2.75) is 19.5 Å². The van der Waals surface area contributed by atoms with E-state index in [1.807, 2.05) is 31.2 Å². The second-order valence-electron chi connectivity index (χ2n) is 8.90. The topological polar surface area (TPSA) is 74.8 Å². The molecule has 0 bridgehead atoms. The number of hydrogen-bond donors (Lipinski definition) is 1. The Morgan fingerprint density at radius 3 is 2.58 bits per heavy atom. The Kier molecular flexibility index (Phi) is 7.72. The van der Waals surface area contributed by atoms with Crippen molar-refractivity contribution in [3.05, 3.63) is 59.8 Å². The number of fused-ring (bicyclic) bond motifs is 1. The highest BCUT2D eigenvalue weighted by atomic mass is 32.2. The zero-order chi connectivity index (χ0) is 25.9. The van der Waals surface area contributed by atoms with Crippen LogP contribution in [0.25, 0.3) is 10.9 Å². The minimum Gasteiger partial charge on any atom is -0.492 e. The van der Waals surface area contributed by atoms with Crippen LogP contribution in [0.5, 0.6) is 5.75 Å². The number of aryl methyl sites for hydroxylation is 1. The highest BCUT2D eigenvalue weighted by Gasteiger charge is 2.31. The van der Waals surface area contributed by atoms with Crippen molar-refractivity contribution in [1.29, 1.82) is 0 Å². The number of aromatic nitrogens is 1. The molecule has 2 aromatic carbocycles. The van der Waals surface area contributed by atoms with E-state index in [-0.39, 0.29) is 18.0 Å². The summed E-state index contributed by atoms with van der Waals surface area (Å²) >= 11 is 0. The van der Waals surface area contributed by atoms with Gasteiger partial charge in [-0.15, -0.1) is 0 Å². The lowest BCUT2D eigenvalue weighted by atomic mass is 10.1.